The van der Waals surface area contributed by atoms with Crippen LogP contribution in [0.1, 0.15) is 18.1 Å². The van der Waals surface area contributed by atoms with E-state index in [0.717, 1.165) is 11.1 Å². The first kappa shape index (κ1) is 12.9. The smallest absolute Gasteiger partial charge is 0.119 e. The van der Waals surface area contributed by atoms with Crippen molar-refractivity contribution in [1.29, 1.82) is 0 Å². The molecule has 0 aliphatic carbocycles. The third-order valence-corrected chi connectivity index (χ3v) is 2.28. The number of hydrogen-bond donors (Lipinski definition) is 1. The highest BCUT2D eigenvalue weighted by atomic mass is 35.5. The molecular weight excluding hydrogens is 249 g/mol. The number of rotatable bonds is 3. The lowest BCUT2D eigenvalue weighted by molar-refractivity contribution is 0.319. The molecule has 5 heteroatoms. The SMILES string of the molecule is COc1ccc(/C(C)=N/O)c(C=C(Cl)Cl)c1. The molecule has 1 aromatic carbocycles. The minimum atomic E-state index is 0.125. The summed E-state index contributed by atoms with van der Waals surface area (Å²) in [6.45, 7) is 1.68. The molecule has 86 valence electrons. The Morgan fingerprint density at radius 2 is 2.12 bits per heavy atom. The van der Waals surface area contributed by atoms with Crippen LogP contribution in [0.3, 0.4) is 0 Å². The first-order valence-corrected chi connectivity index (χ1v) is 5.24. The molecule has 0 bridgehead atoms. The Labute approximate surface area is 104 Å². The molecule has 0 aliphatic rings. The fourth-order valence-corrected chi connectivity index (χ4v) is 1.52. The summed E-state index contributed by atoms with van der Waals surface area (Å²) >= 11 is 11.2. The van der Waals surface area contributed by atoms with Crippen LogP contribution in [0.15, 0.2) is 27.8 Å². The van der Waals surface area contributed by atoms with E-state index in [4.69, 9.17) is 33.1 Å². The van der Waals surface area contributed by atoms with E-state index in [1.807, 2.05) is 0 Å². The van der Waals surface area contributed by atoms with Gasteiger partial charge >= 0.3 is 0 Å². The van der Waals surface area contributed by atoms with Crippen LogP contribution in [-0.2, 0) is 0 Å². The molecule has 0 spiro atoms. The zero-order valence-electron chi connectivity index (χ0n) is 8.87. The lowest BCUT2D eigenvalue weighted by atomic mass is 10.0. The molecular formula is C11H11Cl2NO2. The van der Waals surface area contributed by atoms with E-state index >= 15 is 0 Å². The fraction of sp³-hybridized carbons (Fsp3) is 0.182. The second kappa shape index (κ2) is 5.77. The minimum absolute atomic E-state index is 0.125. The van der Waals surface area contributed by atoms with Crippen molar-refractivity contribution in [3.05, 3.63) is 33.8 Å². The maximum atomic E-state index is 8.74. The Hall–Kier alpha value is -1.19. The predicted octanol–water partition coefficient (Wildman–Crippen LogP) is 3.67. The highest BCUT2D eigenvalue weighted by Gasteiger charge is 2.06. The highest BCUT2D eigenvalue weighted by molar-refractivity contribution is 6.57. The van der Waals surface area contributed by atoms with Gasteiger partial charge in [-0.15, -0.1) is 0 Å². The molecule has 0 aromatic heterocycles. The number of ether oxygens (including phenoxy) is 1. The number of halogens is 2. The van der Waals surface area contributed by atoms with Crippen LogP contribution in [-0.4, -0.2) is 18.0 Å². The largest absolute Gasteiger partial charge is 0.497 e. The van der Waals surface area contributed by atoms with Crippen molar-refractivity contribution >= 4 is 35.0 Å². The molecule has 0 saturated heterocycles. The van der Waals surface area contributed by atoms with Crippen LogP contribution < -0.4 is 4.74 Å². The quantitative estimate of drug-likeness (QED) is 0.511. The molecule has 1 N–H and O–H groups in total. The van der Waals surface area contributed by atoms with E-state index in [9.17, 15) is 0 Å². The molecule has 0 unspecified atom stereocenters. The summed E-state index contributed by atoms with van der Waals surface area (Å²) in [6, 6.07) is 5.30. The van der Waals surface area contributed by atoms with Crippen molar-refractivity contribution < 1.29 is 9.94 Å². The van der Waals surface area contributed by atoms with Gasteiger partial charge in [-0.1, -0.05) is 28.4 Å². The highest BCUT2D eigenvalue weighted by Crippen LogP contribution is 2.23. The predicted molar refractivity (Wildman–Crippen MR) is 66.7 cm³/mol. The standard InChI is InChI=1S/C11H11Cl2NO2/c1-7(14-15)10-4-3-9(16-2)5-8(10)6-11(12)13/h3-6,15H,1-2H3/b14-7+. The van der Waals surface area contributed by atoms with Gasteiger partial charge in [0.2, 0.25) is 0 Å². The van der Waals surface area contributed by atoms with E-state index in [1.54, 1.807) is 38.3 Å². The zero-order valence-corrected chi connectivity index (χ0v) is 10.4. The van der Waals surface area contributed by atoms with Gasteiger partial charge in [-0.25, -0.2) is 0 Å². The minimum Gasteiger partial charge on any atom is -0.497 e. The van der Waals surface area contributed by atoms with Crippen molar-refractivity contribution in [2.24, 2.45) is 5.16 Å². The maximum Gasteiger partial charge on any atom is 0.119 e. The molecule has 3 nitrogen and oxygen atoms in total. The first-order chi connectivity index (χ1) is 7.58. The molecule has 0 amide bonds. The van der Waals surface area contributed by atoms with E-state index in [1.165, 1.54) is 0 Å². The van der Waals surface area contributed by atoms with Gasteiger partial charge < -0.3 is 9.94 Å². The number of oxime groups is 1. The fourth-order valence-electron chi connectivity index (χ4n) is 1.29. The summed E-state index contributed by atoms with van der Waals surface area (Å²) in [7, 11) is 1.57. The first-order valence-electron chi connectivity index (χ1n) is 4.48. The molecule has 1 aromatic rings. The topological polar surface area (TPSA) is 41.8 Å². The molecule has 0 saturated carbocycles. The molecule has 0 heterocycles. The van der Waals surface area contributed by atoms with Crippen molar-refractivity contribution in [2.75, 3.05) is 7.11 Å². The maximum absolute atomic E-state index is 8.74. The summed E-state index contributed by atoms with van der Waals surface area (Å²) < 4.78 is 5.21. The Bertz CT molecular complexity index is 438. The van der Waals surface area contributed by atoms with Gasteiger partial charge in [0.15, 0.2) is 0 Å². The average molecular weight is 260 g/mol. The van der Waals surface area contributed by atoms with Crippen molar-refractivity contribution in [1.82, 2.24) is 0 Å². The van der Waals surface area contributed by atoms with Gasteiger partial charge in [0.05, 0.1) is 12.8 Å². The van der Waals surface area contributed by atoms with Crippen molar-refractivity contribution in [2.45, 2.75) is 6.92 Å². The summed E-state index contributed by atoms with van der Waals surface area (Å²) in [6.07, 6.45) is 1.57. The second-order valence-electron chi connectivity index (χ2n) is 3.07. The summed E-state index contributed by atoms with van der Waals surface area (Å²) in [5.41, 5.74) is 1.94. The lowest BCUT2D eigenvalue weighted by Gasteiger charge is -2.07. The Balaban J connectivity index is 3.33. The molecule has 0 fully saturated rings. The zero-order chi connectivity index (χ0) is 12.1. The third kappa shape index (κ3) is 3.15. The number of hydrogen-bond acceptors (Lipinski definition) is 3. The van der Waals surface area contributed by atoms with Crippen molar-refractivity contribution in [3.8, 4) is 5.75 Å². The van der Waals surface area contributed by atoms with Gasteiger partial charge in [0.25, 0.3) is 0 Å². The second-order valence-corrected chi connectivity index (χ2v) is 4.08. The van der Waals surface area contributed by atoms with Gasteiger partial charge in [-0.3, -0.25) is 0 Å². The van der Waals surface area contributed by atoms with Crippen LogP contribution in [0.5, 0.6) is 5.75 Å². The van der Waals surface area contributed by atoms with Crippen LogP contribution in [0.4, 0.5) is 0 Å². The molecule has 16 heavy (non-hydrogen) atoms. The van der Waals surface area contributed by atoms with E-state index in [2.05, 4.69) is 5.16 Å². The number of nitrogens with zero attached hydrogens (tertiary/aromatic N) is 1. The average Bonchev–Trinajstić information content (AvgIpc) is 2.27. The van der Waals surface area contributed by atoms with Gasteiger partial charge in [0, 0.05) is 5.56 Å². The summed E-state index contributed by atoms with van der Waals surface area (Å²) in [5.74, 6) is 0.676. The van der Waals surface area contributed by atoms with Crippen LogP contribution in [0, 0.1) is 0 Å². The Morgan fingerprint density at radius 3 is 2.62 bits per heavy atom. The summed E-state index contributed by atoms with van der Waals surface area (Å²) in [5, 5.41) is 11.9. The van der Waals surface area contributed by atoms with Crippen LogP contribution >= 0.6 is 23.2 Å². The normalized spacial score (nSPS) is 11.1. The molecule has 0 aliphatic heterocycles. The van der Waals surface area contributed by atoms with Gasteiger partial charge in [0.1, 0.15) is 10.2 Å². The molecule has 0 radical (unpaired) electrons. The van der Waals surface area contributed by atoms with Gasteiger partial charge in [-0.05, 0) is 36.8 Å². The Morgan fingerprint density at radius 1 is 1.44 bits per heavy atom. The van der Waals surface area contributed by atoms with Crippen LogP contribution in [0.25, 0.3) is 6.08 Å². The monoisotopic (exact) mass is 259 g/mol. The number of benzene rings is 1. The van der Waals surface area contributed by atoms with Crippen LogP contribution in [0.2, 0.25) is 0 Å². The lowest BCUT2D eigenvalue weighted by Crippen LogP contribution is -1.98. The van der Waals surface area contributed by atoms with E-state index in [-0.39, 0.29) is 4.49 Å². The van der Waals surface area contributed by atoms with E-state index in [0.29, 0.717) is 11.5 Å². The van der Waals surface area contributed by atoms with Gasteiger partial charge in [-0.2, -0.15) is 0 Å². The number of methoxy groups -OCH3 is 1. The summed E-state index contributed by atoms with van der Waals surface area (Å²) in [4.78, 5) is 0. The third-order valence-electron chi connectivity index (χ3n) is 2.06. The van der Waals surface area contributed by atoms with E-state index < -0.39 is 0 Å². The molecule has 1 rings (SSSR count). The Kier molecular flexibility index (Phi) is 4.65. The van der Waals surface area contributed by atoms with Crippen molar-refractivity contribution in [3.63, 3.8) is 0 Å². The molecule has 0 atom stereocenters.